The summed E-state index contributed by atoms with van der Waals surface area (Å²) in [5.41, 5.74) is 3.74. The van der Waals surface area contributed by atoms with Gasteiger partial charge in [0.05, 0.1) is 11.7 Å². The van der Waals surface area contributed by atoms with Gasteiger partial charge >= 0.3 is 6.03 Å². The number of nitrogens with one attached hydrogen (secondary N) is 2. The molecule has 2 aromatic rings. The lowest BCUT2D eigenvalue weighted by Gasteiger charge is -2.30. The van der Waals surface area contributed by atoms with Crippen LogP contribution in [0.3, 0.4) is 0 Å². The fourth-order valence-electron chi connectivity index (χ4n) is 4.13. The van der Waals surface area contributed by atoms with Gasteiger partial charge in [0.15, 0.2) is 0 Å². The van der Waals surface area contributed by atoms with Gasteiger partial charge in [0, 0.05) is 27.6 Å². The molecule has 1 aliphatic carbocycles. The average molecular weight is 418 g/mol. The van der Waals surface area contributed by atoms with Crippen LogP contribution in [0.25, 0.3) is 5.57 Å². The van der Waals surface area contributed by atoms with E-state index in [0.717, 1.165) is 27.5 Å². The van der Waals surface area contributed by atoms with E-state index < -0.39 is 6.04 Å². The van der Waals surface area contributed by atoms with Crippen LogP contribution in [0.4, 0.5) is 4.79 Å². The Labute approximate surface area is 173 Å². The molecule has 1 aromatic heterocycles. The second kappa shape index (κ2) is 8.13. The number of halogens is 1. The molecule has 1 atom stereocenters. The second-order valence-corrected chi connectivity index (χ2v) is 8.66. The van der Waals surface area contributed by atoms with Crippen LogP contribution in [0, 0.1) is 0 Å². The highest BCUT2D eigenvalue weighted by molar-refractivity contribution is 7.10. The van der Waals surface area contributed by atoms with Crippen LogP contribution in [-0.2, 0) is 0 Å². The topological polar surface area (TPSA) is 74.2 Å². The second-order valence-electron chi connectivity index (χ2n) is 7.40. The summed E-state index contributed by atoms with van der Waals surface area (Å²) in [7, 11) is 0. The number of urea groups is 1. The van der Waals surface area contributed by atoms with E-state index in [1.165, 1.54) is 38.2 Å². The van der Waals surface area contributed by atoms with E-state index in [0.29, 0.717) is 17.4 Å². The number of aromatic hydroxyl groups is 1. The fraction of sp³-hybridized carbons (Fsp3) is 0.429. The molecular weight excluding hydrogens is 394 g/mol. The fourth-order valence-corrected chi connectivity index (χ4v) is 5.42. The molecule has 0 spiro atoms. The standard InChI is InChI=1S/C21H24ClN3O2S/c1-2-16-18(20-23-17(11-28-20)12-6-4-3-5-7-12)19(25-21(27)24-16)14-9-8-13(26)10-15(14)22/h8-12,19,26H,2-7H2,1H3,(H2,24,25,27). The molecule has 0 saturated heterocycles. The lowest BCUT2D eigenvalue weighted by atomic mass is 9.87. The first-order valence-corrected chi connectivity index (χ1v) is 11.1. The first-order valence-electron chi connectivity index (χ1n) is 9.81. The van der Waals surface area contributed by atoms with Crippen LogP contribution >= 0.6 is 22.9 Å². The van der Waals surface area contributed by atoms with Crippen molar-refractivity contribution in [3.8, 4) is 5.75 Å². The Morgan fingerprint density at radius 1 is 1.29 bits per heavy atom. The van der Waals surface area contributed by atoms with Crippen LogP contribution in [0.1, 0.15) is 73.7 Å². The normalized spacial score (nSPS) is 20.8. The molecular formula is C21H24ClN3O2S. The van der Waals surface area contributed by atoms with Crippen LogP contribution in [0.15, 0.2) is 29.3 Å². The minimum absolute atomic E-state index is 0.101. The zero-order chi connectivity index (χ0) is 19.7. The number of thiazole rings is 1. The molecule has 2 amide bonds. The number of phenols is 1. The maximum Gasteiger partial charge on any atom is 0.319 e. The molecule has 7 heteroatoms. The molecule has 4 rings (SSSR count). The van der Waals surface area contributed by atoms with Crippen LogP contribution in [0.5, 0.6) is 5.75 Å². The number of rotatable bonds is 4. The number of carbonyl (C=O) groups excluding carboxylic acids is 1. The lowest BCUT2D eigenvalue weighted by molar-refractivity contribution is 0.240. The summed E-state index contributed by atoms with van der Waals surface area (Å²) in [5.74, 6) is 0.635. The van der Waals surface area contributed by atoms with E-state index in [4.69, 9.17) is 16.6 Å². The molecule has 1 unspecified atom stereocenters. The monoisotopic (exact) mass is 417 g/mol. The Bertz CT molecular complexity index is 918. The van der Waals surface area contributed by atoms with Crippen molar-refractivity contribution in [1.82, 2.24) is 15.6 Å². The van der Waals surface area contributed by atoms with E-state index in [-0.39, 0.29) is 11.8 Å². The van der Waals surface area contributed by atoms with Crippen LogP contribution in [0.2, 0.25) is 5.02 Å². The number of carbonyl (C=O) groups is 1. The van der Waals surface area contributed by atoms with E-state index in [9.17, 15) is 9.90 Å². The number of nitrogens with zero attached hydrogens (tertiary/aromatic N) is 1. The smallest absolute Gasteiger partial charge is 0.319 e. The predicted molar refractivity (Wildman–Crippen MR) is 113 cm³/mol. The SMILES string of the molecule is CCC1=C(c2nc(C3CCCCC3)cs2)C(c2ccc(O)cc2Cl)NC(=O)N1. The van der Waals surface area contributed by atoms with Gasteiger partial charge in [-0.3, -0.25) is 0 Å². The molecule has 0 radical (unpaired) electrons. The number of amides is 2. The number of aromatic nitrogens is 1. The van der Waals surface area contributed by atoms with Crippen molar-refractivity contribution in [2.45, 2.75) is 57.4 Å². The summed E-state index contributed by atoms with van der Waals surface area (Å²) in [4.78, 5) is 17.2. The highest BCUT2D eigenvalue weighted by atomic mass is 35.5. The summed E-state index contributed by atoms with van der Waals surface area (Å²) in [6, 6.07) is 4.20. The highest BCUT2D eigenvalue weighted by Crippen LogP contribution is 2.41. The van der Waals surface area contributed by atoms with Crippen molar-refractivity contribution in [2.75, 3.05) is 0 Å². The maximum absolute atomic E-state index is 12.3. The zero-order valence-electron chi connectivity index (χ0n) is 15.8. The third-order valence-electron chi connectivity index (χ3n) is 5.58. The Morgan fingerprint density at radius 2 is 2.07 bits per heavy atom. The third kappa shape index (κ3) is 3.76. The van der Waals surface area contributed by atoms with Gasteiger partial charge in [-0.2, -0.15) is 0 Å². The Morgan fingerprint density at radius 3 is 2.79 bits per heavy atom. The van der Waals surface area contributed by atoms with Crippen LogP contribution in [-0.4, -0.2) is 16.1 Å². The van der Waals surface area contributed by atoms with E-state index in [1.54, 1.807) is 23.5 Å². The molecule has 2 aliphatic rings. The molecule has 3 N–H and O–H groups in total. The van der Waals surface area contributed by atoms with Gasteiger partial charge in [0.2, 0.25) is 0 Å². The average Bonchev–Trinajstić information content (AvgIpc) is 3.17. The van der Waals surface area contributed by atoms with Gasteiger partial charge in [0.1, 0.15) is 10.8 Å². The first-order chi connectivity index (χ1) is 13.6. The molecule has 1 fully saturated rings. The van der Waals surface area contributed by atoms with Gasteiger partial charge in [-0.25, -0.2) is 9.78 Å². The van der Waals surface area contributed by atoms with Crippen molar-refractivity contribution in [3.63, 3.8) is 0 Å². The summed E-state index contributed by atoms with van der Waals surface area (Å²) >= 11 is 8.03. The predicted octanol–water partition coefficient (Wildman–Crippen LogP) is 5.73. The molecule has 1 saturated carbocycles. The number of phenolic OH excluding ortho intramolecular Hbond substituents is 1. The van der Waals surface area contributed by atoms with Crippen molar-refractivity contribution in [2.24, 2.45) is 0 Å². The Balaban J connectivity index is 1.76. The Hall–Kier alpha value is -2.05. The third-order valence-corrected chi connectivity index (χ3v) is 6.80. The summed E-state index contributed by atoms with van der Waals surface area (Å²) < 4.78 is 0. The van der Waals surface area contributed by atoms with E-state index in [2.05, 4.69) is 16.0 Å². The highest BCUT2D eigenvalue weighted by Gasteiger charge is 2.32. The molecule has 2 heterocycles. The van der Waals surface area contributed by atoms with Gasteiger partial charge in [-0.05, 0) is 37.0 Å². The van der Waals surface area contributed by atoms with Crippen molar-refractivity contribution in [1.29, 1.82) is 0 Å². The minimum atomic E-state index is -0.401. The lowest BCUT2D eigenvalue weighted by Crippen LogP contribution is -2.43. The summed E-state index contributed by atoms with van der Waals surface area (Å²) in [6.07, 6.45) is 6.94. The molecule has 0 bridgehead atoms. The largest absolute Gasteiger partial charge is 0.508 e. The van der Waals surface area contributed by atoms with Gasteiger partial charge < -0.3 is 15.7 Å². The van der Waals surface area contributed by atoms with Gasteiger partial charge in [-0.15, -0.1) is 11.3 Å². The minimum Gasteiger partial charge on any atom is -0.508 e. The van der Waals surface area contributed by atoms with E-state index in [1.807, 2.05) is 6.92 Å². The molecule has 1 aliphatic heterocycles. The molecule has 5 nitrogen and oxygen atoms in total. The van der Waals surface area contributed by atoms with Gasteiger partial charge in [-0.1, -0.05) is 43.9 Å². The molecule has 28 heavy (non-hydrogen) atoms. The molecule has 148 valence electrons. The van der Waals surface area contributed by atoms with Crippen LogP contribution < -0.4 is 10.6 Å². The summed E-state index contributed by atoms with van der Waals surface area (Å²) in [6.45, 7) is 2.02. The number of allylic oxidation sites excluding steroid dienone is 1. The van der Waals surface area contributed by atoms with E-state index >= 15 is 0 Å². The maximum atomic E-state index is 12.3. The molecule has 1 aromatic carbocycles. The number of hydrogen-bond acceptors (Lipinski definition) is 4. The van der Waals surface area contributed by atoms with Crippen molar-refractivity contribution >= 4 is 34.5 Å². The Kier molecular flexibility index (Phi) is 5.60. The number of benzene rings is 1. The van der Waals surface area contributed by atoms with Gasteiger partial charge in [0.25, 0.3) is 0 Å². The number of hydrogen-bond donors (Lipinski definition) is 3. The first kappa shape index (κ1) is 19.3. The van der Waals surface area contributed by atoms with Crippen molar-refractivity contribution < 1.29 is 9.90 Å². The van der Waals surface area contributed by atoms with Crippen molar-refractivity contribution in [3.05, 3.63) is 50.6 Å². The summed E-state index contributed by atoms with van der Waals surface area (Å²) in [5, 5.41) is 19.1. The zero-order valence-corrected chi connectivity index (χ0v) is 17.4. The quantitative estimate of drug-likeness (QED) is 0.595.